The lowest BCUT2D eigenvalue weighted by Gasteiger charge is -2.09. The molecule has 0 radical (unpaired) electrons. The first-order valence-electron chi connectivity index (χ1n) is 7.93. The molecule has 0 unspecified atom stereocenters. The van der Waals surface area contributed by atoms with Gasteiger partial charge in [-0.3, -0.25) is 0 Å². The van der Waals surface area contributed by atoms with Crippen LogP contribution in [-0.2, 0) is 11.3 Å². The van der Waals surface area contributed by atoms with Crippen molar-refractivity contribution < 1.29 is 18.7 Å². The summed E-state index contributed by atoms with van der Waals surface area (Å²) in [6, 6.07) is 16.2. The van der Waals surface area contributed by atoms with Crippen molar-refractivity contribution in [3.05, 3.63) is 66.1 Å². The van der Waals surface area contributed by atoms with E-state index in [1.54, 1.807) is 24.3 Å². The second-order valence-electron chi connectivity index (χ2n) is 5.63. The van der Waals surface area contributed by atoms with Crippen LogP contribution in [-0.4, -0.2) is 22.3 Å². The summed E-state index contributed by atoms with van der Waals surface area (Å²) in [7, 11) is 0. The van der Waals surface area contributed by atoms with E-state index in [0.29, 0.717) is 17.2 Å². The largest absolute Gasteiger partial charge is 0.491 e. The minimum absolute atomic E-state index is 0.0779. The van der Waals surface area contributed by atoms with Crippen molar-refractivity contribution in [2.45, 2.75) is 26.6 Å². The van der Waals surface area contributed by atoms with Gasteiger partial charge in [0.1, 0.15) is 5.75 Å². The van der Waals surface area contributed by atoms with Crippen LogP contribution in [0, 0.1) is 0 Å². The molecule has 0 spiro atoms. The van der Waals surface area contributed by atoms with Gasteiger partial charge in [-0.05, 0) is 50.2 Å². The number of nitrogens with zero attached hydrogens (tertiary/aromatic N) is 2. The molecule has 0 amide bonds. The fourth-order valence-corrected chi connectivity index (χ4v) is 2.16. The Labute approximate surface area is 145 Å². The molecule has 128 valence electrons. The van der Waals surface area contributed by atoms with Crippen LogP contribution in [0.2, 0.25) is 0 Å². The summed E-state index contributed by atoms with van der Waals surface area (Å²) in [5, 5.41) is 7.84. The fraction of sp³-hybridized carbons (Fsp3) is 0.211. The molecule has 1 heterocycles. The Morgan fingerprint density at radius 3 is 2.44 bits per heavy atom. The first-order chi connectivity index (χ1) is 12.1. The van der Waals surface area contributed by atoms with Crippen molar-refractivity contribution in [2.75, 3.05) is 0 Å². The van der Waals surface area contributed by atoms with E-state index in [-0.39, 0.29) is 18.6 Å². The molecule has 6 nitrogen and oxygen atoms in total. The molecular formula is C19H18N2O4. The molecule has 0 aliphatic rings. The number of benzene rings is 2. The van der Waals surface area contributed by atoms with E-state index in [1.807, 2.05) is 44.2 Å². The smallest absolute Gasteiger partial charge is 0.338 e. The summed E-state index contributed by atoms with van der Waals surface area (Å²) >= 11 is 0. The van der Waals surface area contributed by atoms with Crippen molar-refractivity contribution in [3.63, 3.8) is 0 Å². The van der Waals surface area contributed by atoms with Gasteiger partial charge in [0.2, 0.25) is 5.89 Å². The Balaban J connectivity index is 1.58. The van der Waals surface area contributed by atoms with Crippen molar-refractivity contribution in [2.24, 2.45) is 0 Å². The average Bonchev–Trinajstić information content (AvgIpc) is 3.10. The van der Waals surface area contributed by atoms with Gasteiger partial charge in [0, 0.05) is 5.56 Å². The van der Waals surface area contributed by atoms with Gasteiger partial charge in [0.05, 0.1) is 11.7 Å². The van der Waals surface area contributed by atoms with Gasteiger partial charge < -0.3 is 13.9 Å². The number of aromatic nitrogens is 2. The third kappa shape index (κ3) is 4.44. The fourth-order valence-electron chi connectivity index (χ4n) is 2.16. The molecule has 0 aliphatic heterocycles. The Morgan fingerprint density at radius 2 is 1.76 bits per heavy atom. The van der Waals surface area contributed by atoms with Crippen LogP contribution in [0.25, 0.3) is 11.5 Å². The molecule has 0 saturated carbocycles. The standard InChI is InChI=1S/C19H18N2O4/c1-13(2)24-16-10-8-15(9-11-16)19(22)23-12-17-20-21-18(25-17)14-6-4-3-5-7-14/h3-11,13H,12H2,1-2H3. The van der Waals surface area contributed by atoms with Gasteiger partial charge in [0.25, 0.3) is 5.89 Å². The molecule has 0 atom stereocenters. The highest BCUT2D eigenvalue weighted by Crippen LogP contribution is 2.18. The SMILES string of the molecule is CC(C)Oc1ccc(C(=O)OCc2nnc(-c3ccccc3)o2)cc1. The Kier molecular flexibility index (Phi) is 5.09. The van der Waals surface area contributed by atoms with E-state index >= 15 is 0 Å². The van der Waals surface area contributed by atoms with Crippen LogP contribution >= 0.6 is 0 Å². The first-order valence-corrected chi connectivity index (χ1v) is 7.93. The van der Waals surface area contributed by atoms with Gasteiger partial charge in [0.15, 0.2) is 6.61 Å². The van der Waals surface area contributed by atoms with Crippen molar-refractivity contribution in [1.29, 1.82) is 0 Å². The second-order valence-corrected chi connectivity index (χ2v) is 5.63. The zero-order valence-corrected chi connectivity index (χ0v) is 14.0. The maximum atomic E-state index is 12.1. The lowest BCUT2D eigenvalue weighted by atomic mass is 10.2. The highest BCUT2D eigenvalue weighted by Gasteiger charge is 2.12. The lowest BCUT2D eigenvalue weighted by molar-refractivity contribution is 0.0438. The third-order valence-corrected chi connectivity index (χ3v) is 3.28. The molecule has 0 aliphatic carbocycles. The molecule has 25 heavy (non-hydrogen) atoms. The molecule has 1 aromatic heterocycles. The average molecular weight is 338 g/mol. The molecule has 0 fully saturated rings. The monoisotopic (exact) mass is 338 g/mol. The Bertz CT molecular complexity index is 826. The molecule has 2 aromatic carbocycles. The molecule has 6 heteroatoms. The highest BCUT2D eigenvalue weighted by molar-refractivity contribution is 5.89. The zero-order chi connectivity index (χ0) is 17.6. The highest BCUT2D eigenvalue weighted by atomic mass is 16.5. The minimum Gasteiger partial charge on any atom is -0.491 e. The molecule has 0 saturated heterocycles. The van der Waals surface area contributed by atoms with Gasteiger partial charge in [-0.15, -0.1) is 10.2 Å². The predicted octanol–water partition coefficient (Wildman–Crippen LogP) is 3.88. The predicted molar refractivity (Wildman–Crippen MR) is 91.1 cm³/mol. The number of hydrogen-bond donors (Lipinski definition) is 0. The van der Waals surface area contributed by atoms with Crippen LogP contribution in [0.1, 0.15) is 30.1 Å². The summed E-state index contributed by atoms with van der Waals surface area (Å²) in [5.74, 6) is 0.875. The summed E-state index contributed by atoms with van der Waals surface area (Å²) < 4.78 is 16.2. The summed E-state index contributed by atoms with van der Waals surface area (Å²) in [6.45, 7) is 3.80. The number of carbonyl (C=O) groups excluding carboxylic acids is 1. The normalized spacial score (nSPS) is 10.7. The topological polar surface area (TPSA) is 74.5 Å². The van der Waals surface area contributed by atoms with E-state index in [1.165, 1.54) is 0 Å². The maximum absolute atomic E-state index is 12.1. The van der Waals surface area contributed by atoms with Gasteiger partial charge >= 0.3 is 5.97 Å². The van der Waals surface area contributed by atoms with Crippen molar-refractivity contribution in [3.8, 4) is 17.2 Å². The third-order valence-electron chi connectivity index (χ3n) is 3.28. The van der Waals surface area contributed by atoms with Crippen LogP contribution in [0.4, 0.5) is 0 Å². The second kappa shape index (κ2) is 7.61. The Hall–Kier alpha value is -3.15. The van der Waals surface area contributed by atoms with Crippen LogP contribution < -0.4 is 4.74 Å². The van der Waals surface area contributed by atoms with E-state index in [4.69, 9.17) is 13.9 Å². The van der Waals surface area contributed by atoms with E-state index < -0.39 is 5.97 Å². The van der Waals surface area contributed by atoms with Crippen molar-refractivity contribution >= 4 is 5.97 Å². The number of ether oxygens (including phenoxy) is 2. The summed E-state index contributed by atoms with van der Waals surface area (Å²) in [6.07, 6.45) is 0.0779. The minimum atomic E-state index is -0.462. The molecule has 0 N–H and O–H groups in total. The zero-order valence-electron chi connectivity index (χ0n) is 14.0. The lowest BCUT2D eigenvalue weighted by Crippen LogP contribution is -2.07. The first kappa shape index (κ1) is 16.7. The van der Waals surface area contributed by atoms with Crippen LogP contribution in [0.3, 0.4) is 0 Å². The quantitative estimate of drug-likeness (QED) is 0.635. The molecule has 0 bridgehead atoms. The number of hydrogen-bond acceptors (Lipinski definition) is 6. The molecule has 3 rings (SSSR count). The van der Waals surface area contributed by atoms with E-state index in [9.17, 15) is 4.79 Å². The molecule has 3 aromatic rings. The van der Waals surface area contributed by atoms with E-state index in [0.717, 1.165) is 5.56 Å². The number of carbonyl (C=O) groups is 1. The van der Waals surface area contributed by atoms with Gasteiger partial charge in [-0.2, -0.15) is 0 Å². The Morgan fingerprint density at radius 1 is 1.04 bits per heavy atom. The van der Waals surface area contributed by atoms with Gasteiger partial charge in [-0.25, -0.2) is 4.79 Å². The van der Waals surface area contributed by atoms with Crippen LogP contribution in [0.5, 0.6) is 5.75 Å². The van der Waals surface area contributed by atoms with Gasteiger partial charge in [-0.1, -0.05) is 18.2 Å². The van der Waals surface area contributed by atoms with E-state index in [2.05, 4.69) is 10.2 Å². The van der Waals surface area contributed by atoms with Crippen LogP contribution in [0.15, 0.2) is 59.0 Å². The summed E-state index contributed by atoms with van der Waals surface area (Å²) in [5.41, 5.74) is 1.24. The maximum Gasteiger partial charge on any atom is 0.338 e. The number of esters is 1. The molecular weight excluding hydrogens is 320 g/mol. The summed E-state index contributed by atoms with van der Waals surface area (Å²) in [4.78, 5) is 12.1. The number of rotatable bonds is 6. The van der Waals surface area contributed by atoms with Crippen molar-refractivity contribution in [1.82, 2.24) is 10.2 Å².